The molecule has 2 rings (SSSR count). The molecule has 0 saturated carbocycles. The third kappa shape index (κ3) is 3.46. The van der Waals surface area contributed by atoms with Gasteiger partial charge in [-0.1, -0.05) is 12.8 Å². The van der Waals surface area contributed by atoms with Crippen LogP contribution in [0.15, 0.2) is 0 Å². The second-order valence-corrected chi connectivity index (χ2v) is 4.68. The summed E-state index contributed by atoms with van der Waals surface area (Å²) in [4.78, 5) is 16.3. The van der Waals surface area contributed by atoms with E-state index in [-0.39, 0.29) is 5.91 Å². The molecule has 0 aromatic carbocycles. The van der Waals surface area contributed by atoms with Gasteiger partial charge in [0, 0.05) is 13.1 Å². The van der Waals surface area contributed by atoms with Gasteiger partial charge in [-0.05, 0) is 25.9 Å². The molecule has 0 aromatic rings. The third-order valence-corrected chi connectivity index (χ3v) is 3.42. The second-order valence-electron chi connectivity index (χ2n) is 4.68. The molecule has 0 spiro atoms. The normalized spacial score (nSPS) is 24.1. The van der Waals surface area contributed by atoms with E-state index in [1.165, 1.54) is 25.7 Å². The Morgan fingerprint density at radius 1 is 0.938 bits per heavy atom. The first-order valence-electron chi connectivity index (χ1n) is 6.44. The van der Waals surface area contributed by atoms with E-state index < -0.39 is 0 Å². The zero-order valence-corrected chi connectivity index (χ0v) is 9.99. The van der Waals surface area contributed by atoms with Crippen LogP contribution >= 0.6 is 0 Å². The second kappa shape index (κ2) is 6.21. The van der Waals surface area contributed by atoms with Gasteiger partial charge in [0.1, 0.15) is 0 Å². The van der Waals surface area contributed by atoms with Crippen molar-refractivity contribution in [2.45, 2.75) is 25.7 Å². The van der Waals surface area contributed by atoms with E-state index in [1.54, 1.807) is 0 Å². The number of carbonyl (C=O) groups is 1. The highest BCUT2D eigenvalue weighted by atomic mass is 16.5. The SMILES string of the molecule is O=C(CN1CCCCCC1)N1CCOCC1. The third-order valence-electron chi connectivity index (χ3n) is 3.42. The Balaban J connectivity index is 1.76. The molecule has 0 N–H and O–H groups in total. The predicted molar refractivity (Wildman–Crippen MR) is 62.3 cm³/mol. The first kappa shape index (κ1) is 11.9. The summed E-state index contributed by atoms with van der Waals surface area (Å²) in [6.45, 7) is 5.74. The van der Waals surface area contributed by atoms with Crippen LogP contribution in [0.1, 0.15) is 25.7 Å². The average molecular weight is 226 g/mol. The van der Waals surface area contributed by atoms with Crippen LogP contribution in [0.25, 0.3) is 0 Å². The molecule has 0 atom stereocenters. The van der Waals surface area contributed by atoms with Gasteiger partial charge in [0.15, 0.2) is 0 Å². The molecule has 2 aliphatic heterocycles. The highest BCUT2D eigenvalue weighted by molar-refractivity contribution is 5.78. The molecule has 16 heavy (non-hydrogen) atoms. The molecule has 0 bridgehead atoms. The summed E-state index contributed by atoms with van der Waals surface area (Å²) in [5.74, 6) is 0.283. The van der Waals surface area contributed by atoms with Crippen molar-refractivity contribution in [1.82, 2.24) is 9.80 Å². The average Bonchev–Trinajstić information content (AvgIpc) is 2.59. The molecule has 4 heteroatoms. The molecule has 4 nitrogen and oxygen atoms in total. The van der Waals surface area contributed by atoms with Crippen LogP contribution in [-0.4, -0.2) is 61.6 Å². The molecular weight excluding hydrogens is 204 g/mol. The van der Waals surface area contributed by atoms with Crippen molar-refractivity contribution in [2.24, 2.45) is 0 Å². The standard InChI is InChI=1S/C12H22N2O2/c15-12(14-7-9-16-10-8-14)11-13-5-3-1-2-4-6-13/h1-11H2. The summed E-state index contributed by atoms with van der Waals surface area (Å²) in [6.07, 6.45) is 5.14. The molecule has 0 aromatic heterocycles. The van der Waals surface area contributed by atoms with E-state index in [2.05, 4.69) is 4.90 Å². The van der Waals surface area contributed by atoms with Crippen molar-refractivity contribution in [2.75, 3.05) is 45.9 Å². The minimum atomic E-state index is 0.283. The first-order valence-corrected chi connectivity index (χ1v) is 6.44. The van der Waals surface area contributed by atoms with Crippen LogP contribution in [0, 0.1) is 0 Å². The van der Waals surface area contributed by atoms with Crippen LogP contribution in [0.5, 0.6) is 0 Å². The minimum absolute atomic E-state index is 0.283. The van der Waals surface area contributed by atoms with Crippen molar-refractivity contribution in [3.8, 4) is 0 Å². The van der Waals surface area contributed by atoms with Crippen molar-refractivity contribution in [3.63, 3.8) is 0 Å². The van der Waals surface area contributed by atoms with Crippen molar-refractivity contribution < 1.29 is 9.53 Å². The number of ether oxygens (including phenoxy) is 1. The Bertz CT molecular complexity index is 219. The number of amides is 1. The van der Waals surface area contributed by atoms with Crippen LogP contribution < -0.4 is 0 Å². The number of hydrogen-bond acceptors (Lipinski definition) is 3. The van der Waals surface area contributed by atoms with Gasteiger partial charge in [0.05, 0.1) is 19.8 Å². The molecular formula is C12H22N2O2. The van der Waals surface area contributed by atoms with E-state index in [0.717, 1.165) is 26.2 Å². The van der Waals surface area contributed by atoms with Crippen molar-refractivity contribution in [3.05, 3.63) is 0 Å². The lowest BCUT2D eigenvalue weighted by Crippen LogP contribution is -2.45. The van der Waals surface area contributed by atoms with Gasteiger partial charge in [-0.2, -0.15) is 0 Å². The fraction of sp³-hybridized carbons (Fsp3) is 0.917. The van der Waals surface area contributed by atoms with Crippen molar-refractivity contribution in [1.29, 1.82) is 0 Å². The molecule has 2 saturated heterocycles. The van der Waals surface area contributed by atoms with Crippen molar-refractivity contribution >= 4 is 5.91 Å². The Hall–Kier alpha value is -0.610. The lowest BCUT2D eigenvalue weighted by molar-refractivity contribution is -0.136. The monoisotopic (exact) mass is 226 g/mol. The lowest BCUT2D eigenvalue weighted by Gasteiger charge is -2.29. The maximum absolute atomic E-state index is 12.0. The summed E-state index contributed by atoms with van der Waals surface area (Å²) in [6, 6.07) is 0. The summed E-state index contributed by atoms with van der Waals surface area (Å²) >= 11 is 0. The number of rotatable bonds is 2. The fourth-order valence-electron chi connectivity index (χ4n) is 2.40. The lowest BCUT2D eigenvalue weighted by atomic mass is 10.2. The predicted octanol–water partition coefficient (Wildman–Crippen LogP) is 0.721. The fourth-order valence-corrected chi connectivity index (χ4v) is 2.40. The molecule has 2 fully saturated rings. The smallest absolute Gasteiger partial charge is 0.236 e. The maximum atomic E-state index is 12.0. The summed E-state index contributed by atoms with van der Waals surface area (Å²) < 4.78 is 5.25. The Morgan fingerprint density at radius 3 is 2.19 bits per heavy atom. The summed E-state index contributed by atoms with van der Waals surface area (Å²) in [5, 5.41) is 0. The molecule has 2 heterocycles. The summed E-state index contributed by atoms with van der Waals surface area (Å²) in [5.41, 5.74) is 0. The van der Waals surface area contributed by atoms with Gasteiger partial charge < -0.3 is 9.64 Å². The van der Waals surface area contributed by atoms with Gasteiger partial charge in [0.2, 0.25) is 5.91 Å². The zero-order chi connectivity index (χ0) is 11.2. The van der Waals surface area contributed by atoms with Gasteiger partial charge >= 0.3 is 0 Å². The zero-order valence-electron chi connectivity index (χ0n) is 9.99. The number of nitrogens with zero attached hydrogens (tertiary/aromatic N) is 2. The first-order chi connectivity index (χ1) is 7.86. The molecule has 2 aliphatic rings. The van der Waals surface area contributed by atoms with E-state index >= 15 is 0 Å². The topological polar surface area (TPSA) is 32.8 Å². The largest absolute Gasteiger partial charge is 0.378 e. The van der Waals surface area contributed by atoms with Gasteiger partial charge in [-0.25, -0.2) is 0 Å². The van der Waals surface area contributed by atoms with Crippen LogP contribution in [0.2, 0.25) is 0 Å². The van der Waals surface area contributed by atoms with Crippen LogP contribution in [0.4, 0.5) is 0 Å². The highest BCUT2D eigenvalue weighted by Crippen LogP contribution is 2.10. The molecule has 1 amide bonds. The van der Waals surface area contributed by atoms with Gasteiger partial charge in [-0.15, -0.1) is 0 Å². The van der Waals surface area contributed by atoms with E-state index in [0.29, 0.717) is 19.8 Å². The number of morpholine rings is 1. The Kier molecular flexibility index (Phi) is 4.60. The molecule has 0 radical (unpaired) electrons. The maximum Gasteiger partial charge on any atom is 0.236 e. The Labute approximate surface area is 97.5 Å². The highest BCUT2D eigenvalue weighted by Gasteiger charge is 2.19. The molecule has 92 valence electrons. The molecule has 0 unspecified atom stereocenters. The van der Waals surface area contributed by atoms with E-state index in [4.69, 9.17) is 4.74 Å². The Morgan fingerprint density at radius 2 is 1.56 bits per heavy atom. The van der Waals surface area contributed by atoms with E-state index in [9.17, 15) is 4.79 Å². The summed E-state index contributed by atoms with van der Waals surface area (Å²) in [7, 11) is 0. The van der Waals surface area contributed by atoms with Crippen LogP contribution in [-0.2, 0) is 9.53 Å². The van der Waals surface area contributed by atoms with Gasteiger partial charge in [-0.3, -0.25) is 9.69 Å². The number of carbonyl (C=O) groups excluding carboxylic acids is 1. The quantitative estimate of drug-likeness (QED) is 0.695. The molecule has 0 aliphatic carbocycles. The van der Waals surface area contributed by atoms with E-state index in [1.807, 2.05) is 4.90 Å². The van der Waals surface area contributed by atoms with Gasteiger partial charge in [0.25, 0.3) is 0 Å². The minimum Gasteiger partial charge on any atom is -0.378 e. The number of likely N-dealkylation sites (tertiary alicyclic amines) is 1. The van der Waals surface area contributed by atoms with Crippen LogP contribution in [0.3, 0.4) is 0 Å². The number of hydrogen-bond donors (Lipinski definition) is 0.